The van der Waals surface area contributed by atoms with Gasteiger partial charge in [-0.1, -0.05) is 24.2 Å². The highest BCUT2D eigenvalue weighted by Gasteiger charge is 2.27. The molecule has 1 amide bonds. The average molecular weight is 455 g/mol. The lowest BCUT2D eigenvalue weighted by atomic mass is 9.99. The van der Waals surface area contributed by atoms with Crippen molar-refractivity contribution in [1.29, 1.82) is 5.26 Å². The number of hydrogen-bond acceptors (Lipinski definition) is 5. The van der Waals surface area contributed by atoms with Crippen LogP contribution in [0.3, 0.4) is 0 Å². The zero-order valence-electron chi connectivity index (χ0n) is 16.8. The van der Waals surface area contributed by atoms with Gasteiger partial charge < -0.3 is 14.9 Å². The van der Waals surface area contributed by atoms with Gasteiger partial charge in [0.25, 0.3) is 0 Å². The normalized spacial score (nSPS) is 13.8. The van der Waals surface area contributed by atoms with Crippen LogP contribution in [0.4, 0.5) is 14.5 Å². The molecule has 1 aromatic heterocycles. The van der Waals surface area contributed by atoms with Crippen molar-refractivity contribution in [3.63, 3.8) is 0 Å². The van der Waals surface area contributed by atoms with Crippen molar-refractivity contribution in [2.75, 3.05) is 31.1 Å². The van der Waals surface area contributed by atoms with E-state index in [1.807, 2.05) is 4.90 Å². The number of aromatic hydroxyl groups is 1. The third-order valence-corrected chi connectivity index (χ3v) is 5.77. The van der Waals surface area contributed by atoms with Gasteiger partial charge in [-0.05, 0) is 24.3 Å². The number of nitrogens with zero attached hydrogens (tertiary/aromatic N) is 4. The van der Waals surface area contributed by atoms with Gasteiger partial charge in [-0.25, -0.2) is 8.78 Å². The van der Waals surface area contributed by atoms with Gasteiger partial charge in [-0.2, -0.15) is 5.26 Å². The number of halogens is 3. The number of pyridine rings is 1. The number of piperazine rings is 1. The zero-order valence-corrected chi connectivity index (χ0v) is 17.5. The first-order chi connectivity index (χ1) is 15.4. The highest BCUT2D eigenvalue weighted by Crippen LogP contribution is 2.43. The predicted octanol–water partition coefficient (Wildman–Crippen LogP) is 4.25. The van der Waals surface area contributed by atoms with Crippen LogP contribution in [0.1, 0.15) is 5.56 Å². The van der Waals surface area contributed by atoms with Crippen LogP contribution in [0.25, 0.3) is 22.0 Å². The molecule has 2 aromatic carbocycles. The molecule has 0 radical (unpaired) electrons. The summed E-state index contributed by atoms with van der Waals surface area (Å²) in [5.41, 5.74) is -0.114. The van der Waals surface area contributed by atoms with Gasteiger partial charge >= 0.3 is 0 Å². The molecule has 2 heterocycles. The van der Waals surface area contributed by atoms with E-state index in [4.69, 9.17) is 11.6 Å². The van der Waals surface area contributed by atoms with Gasteiger partial charge in [0.15, 0.2) is 5.82 Å². The standard InChI is InChI=1S/C23H17ClF2N4O2/c1-2-18(32)29-6-8-30(9-7-29)23-13(11-27)12-28-22-14(23)10-15(24)19(21(22)26)20-16(25)4-3-5-17(20)31/h2-5,10,12,31H,1,6-9H2. The second kappa shape index (κ2) is 8.44. The number of fused-ring (bicyclic) bond motifs is 1. The van der Waals surface area contributed by atoms with Gasteiger partial charge in [-0.15, -0.1) is 0 Å². The molecule has 0 atom stereocenters. The maximum absolute atomic E-state index is 15.6. The van der Waals surface area contributed by atoms with Crippen molar-refractivity contribution >= 4 is 34.1 Å². The average Bonchev–Trinajstić information content (AvgIpc) is 2.79. The number of hydrogen-bond donors (Lipinski definition) is 1. The van der Waals surface area contributed by atoms with E-state index in [0.717, 1.165) is 6.07 Å². The largest absolute Gasteiger partial charge is 0.507 e. The van der Waals surface area contributed by atoms with Gasteiger partial charge in [0.1, 0.15) is 23.2 Å². The van der Waals surface area contributed by atoms with E-state index >= 15 is 4.39 Å². The highest BCUT2D eigenvalue weighted by molar-refractivity contribution is 6.34. The Hall–Kier alpha value is -3.70. The smallest absolute Gasteiger partial charge is 0.246 e. The molecule has 32 heavy (non-hydrogen) atoms. The molecule has 1 aliphatic heterocycles. The Morgan fingerprint density at radius 1 is 1.25 bits per heavy atom. The summed E-state index contributed by atoms with van der Waals surface area (Å²) in [4.78, 5) is 19.5. The lowest BCUT2D eigenvalue weighted by Crippen LogP contribution is -2.48. The van der Waals surface area contributed by atoms with Crippen LogP contribution in [0.2, 0.25) is 5.02 Å². The first-order valence-corrected chi connectivity index (χ1v) is 10.1. The highest BCUT2D eigenvalue weighted by atomic mass is 35.5. The number of phenolic OH excluding ortho intramolecular Hbond substituents is 1. The molecule has 4 rings (SSSR count). The van der Waals surface area contributed by atoms with E-state index in [0.29, 0.717) is 31.9 Å². The molecule has 0 bridgehead atoms. The Bertz CT molecular complexity index is 1280. The Labute approximate surface area is 187 Å². The number of carbonyl (C=O) groups is 1. The first kappa shape index (κ1) is 21.5. The molecule has 0 aliphatic carbocycles. The van der Waals surface area contributed by atoms with Crippen LogP contribution in [0.15, 0.2) is 43.1 Å². The number of anilines is 1. The molecule has 1 aliphatic rings. The maximum atomic E-state index is 15.6. The number of phenols is 1. The molecular formula is C23H17ClF2N4O2. The second-order valence-electron chi connectivity index (χ2n) is 7.23. The maximum Gasteiger partial charge on any atom is 0.246 e. The molecule has 0 spiro atoms. The Kier molecular flexibility index (Phi) is 5.68. The third-order valence-electron chi connectivity index (χ3n) is 5.47. The third kappa shape index (κ3) is 3.51. The molecule has 6 nitrogen and oxygen atoms in total. The van der Waals surface area contributed by atoms with E-state index in [-0.39, 0.29) is 38.5 Å². The quantitative estimate of drug-likeness (QED) is 0.598. The van der Waals surface area contributed by atoms with Crippen LogP contribution < -0.4 is 4.90 Å². The van der Waals surface area contributed by atoms with Gasteiger partial charge in [0.05, 0.1) is 21.8 Å². The fourth-order valence-electron chi connectivity index (χ4n) is 3.94. The van der Waals surface area contributed by atoms with Crippen molar-refractivity contribution in [2.24, 2.45) is 0 Å². The number of aromatic nitrogens is 1. The lowest BCUT2D eigenvalue weighted by molar-refractivity contribution is -0.126. The number of amides is 1. The number of nitriles is 1. The summed E-state index contributed by atoms with van der Waals surface area (Å²) in [5, 5.41) is 19.9. The summed E-state index contributed by atoms with van der Waals surface area (Å²) in [6.45, 7) is 5.10. The molecule has 9 heteroatoms. The topological polar surface area (TPSA) is 80.5 Å². The first-order valence-electron chi connectivity index (χ1n) is 9.72. The summed E-state index contributed by atoms with van der Waals surface area (Å²) in [6.07, 6.45) is 2.49. The molecule has 1 N–H and O–H groups in total. The molecule has 162 valence electrons. The van der Waals surface area contributed by atoms with E-state index in [9.17, 15) is 19.6 Å². The minimum absolute atomic E-state index is 0.106. The fourth-order valence-corrected chi connectivity index (χ4v) is 4.23. The van der Waals surface area contributed by atoms with Gasteiger partial charge in [-0.3, -0.25) is 9.78 Å². The van der Waals surface area contributed by atoms with E-state index < -0.39 is 17.4 Å². The monoisotopic (exact) mass is 454 g/mol. The predicted molar refractivity (Wildman–Crippen MR) is 117 cm³/mol. The minimum atomic E-state index is -0.904. The molecule has 3 aromatic rings. The van der Waals surface area contributed by atoms with Crippen LogP contribution in [-0.4, -0.2) is 47.1 Å². The minimum Gasteiger partial charge on any atom is -0.507 e. The van der Waals surface area contributed by atoms with Gasteiger partial charge in [0, 0.05) is 43.3 Å². The van der Waals surface area contributed by atoms with Crippen LogP contribution in [-0.2, 0) is 4.79 Å². The van der Waals surface area contributed by atoms with Crippen LogP contribution in [0, 0.1) is 23.0 Å². The Morgan fingerprint density at radius 2 is 1.97 bits per heavy atom. The summed E-state index contributed by atoms with van der Waals surface area (Å²) in [7, 11) is 0. The van der Waals surface area contributed by atoms with Crippen molar-refractivity contribution in [3.8, 4) is 22.9 Å². The van der Waals surface area contributed by atoms with Crippen molar-refractivity contribution in [3.05, 3.63) is 65.3 Å². The Morgan fingerprint density at radius 3 is 2.59 bits per heavy atom. The van der Waals surface area contributed by atoms with Crippen molar-refractivity contribution in [1.82, 2.24) is 9.88 Å². The fraction of sp³-hybridized carbons (Fsp3) is 0.174. The molecular weight excluding hydrogens is 438 g/mol. The Balaban J connectivity index is 1.88. The summed E-state index contributed by atoms with van der Waals surface area (Å²) in [5.74, 6) is -2.38. The molecule has 1 fully saturated rings. The van der Waals surface area contributed by atoms with E-state index in [2.05, 4.69) is 17.6 Å². The summed E-state index contributed by atoms with van der Waals surface area (Å²) < 4.78 is 30.0. The van der Waals surface area contributed by atoms with Gasteiger partial charge in [0.2, 0.25) is 5.91 Å². The SMILES string of the molecule is C=CC(=O)N1CCN(c2c(C#N)cnc3c(F)c(-c4c(O)cccc4F)c(Cl)cc23)CC1. The molecule has 0 unspecified atom stereocenters. The van der Waals surface area contributed by atoms with Crippen LogP contribution in [0.5, 0.6) is 5.75 Å². The van der Waals surface area contributed by atoms with E-state index in [1.165, 1.54) is 30.5 Å². The molecule has 1 saturated heterocycles. The summed E-state index contributed by atoms with van der Waals surface area (Å²) in [6, 6.07) is 7.12. The number of carbonyl (C=O) groups excluding carboxylic acids is 1. The number of rotatable bonds is 3. The molecule has 0 saturated carbocycles. The second-order valence-corrected chi connectivity index (χ2v) is 7.63. The van der Waals surface area contributed by atoms with E-state index in [1.54, 1.807) is 4.90 Å². The zero-order chi connectivity index (χ0) is 23.0. The lowest BCUT2D eigenvalue weighted by Gasteiger charge is -2.36. The van der Waals surface area contributed by atoms with Crippen LogP contribution >= 0.6 is 11.6 Å². The summed E-state index contributed by atoms with van der Waals surface area (Å²) >= 11 is 6.37. The van der Waals surface area contributed by atoms with Crippen molar-refractivity contribution in [2.45, 2.75) is 0 Å². The van der Waals surface area contributed by atoms with Crippen molar-refractivity contribution < 1.29 is 18.7 Å². The number of benzene rings is 2.